The van der Waals surface area contributed by atoms with Crippen LogP contribution in [-0.2, 0) is 14.3 Å². The molecule has 0 rings (SSSR count). The van der Waals surface area contributed by atoms with Gasteiger partial charge in [-0.25, -0.2) is 4.79 Å². The molecular weight excluding hydrogens is 220 g/mol. The fourth-order valence-electron chi connectivity index (χ4n) is 1.13. The fourth-order valence-corrected chi connectivity index (χ4v) is 1.13. The van der Waals surface area contributed by atoms with Crippen molar-refractivity contribution in [2.75, 3.05) is 6.61 Å². The van der Waals surface area contributed by atoms with Gasteiger partial charge in [-0.1, -0.05) is 39.7 Å². The number of ether oxygens (including phenoxy) is 1. The smallest absolute Gasteiger partial charge is 0.327 e. The van der Waals surface area contributed by atoms with Crippen molar-refractivity contribution in [3.8, 4) is 0 Å². The number of unbranched alkanes of at least 4 members (excludes halogenated alkanes) is 1. The molecule has 0 aromatic heterocycles. The van der Waals surface area contributed by atoms with Crippen molar-refractivity contribution in [3.05, 3.63) is 12.7 Å². The van der Waals surface area contributed by atoms with E-state index in [1.165, 1.54) is 26.2 Å². The lowest BCUT2D eigenvalue weighted by molar-refractivity contribution is -0.142. The molecule has 0 aliphatic heterocycles. The average Bonchev–Trinajstić information content (AvgIpc) is 2.30. The van der Waals surface area contributed by atoms with E-state index in [0.29, 0.717) is 12.5 Å². The number of esters is 1. The van der Waals surface area contributed by atoms with Gasteiger partial charge in [-0.2, -0.15) is 0 Å². The van der Waals surface area contributed by atoms with Crippen molar-refractivity contribution < 1.29 is 19.4 Å². The molecule has 0 aliphatic rings. The van der Waals surface area contributed by atoms with E-state index in [4.69, 9.17) is 9.84 Å². The van der Waals surface area contributed by atoms with E-state index in [-0.39, 0.29) is 5.97 Å². The molecule has 1 unspecified atom stereocenters. The number of carboxylic acid groups (broad SMARTS) is 1. The van der Waals surface area contributed by atoms with Crippen molar-refractivity contribution >= 4 is 11.9 Å². The molecule has 0 bridgehead atoms. The molecule has 0 spiro atoms. The van der Waals surface area contributed by atoms with Gasteiger partial charge < -0.3 is 9.84 Å². The van der Waals surface area contributed by atoms with Crippen LogP contribution in [0.3, 0.4) is 0 Å². The van der Waals surface area contributed by atoms with Gasteiger partial charge in [0.15, 0.2) is 0 Å². The minimum atomic E-state index is -0.981. The van der Waals surface area contributed by atoms with Crippen LogP contribution in [-0.4, -0.2) is 23.7 Å². The number of aliphatic carboxylic acids is 1. The van der Waals surface area contributed by atoms with E-state index < -0.39 is 5.97 Å². The van der Waals surface area contributed by atoms with E-state index >= 15 is 0 Å². The van der Waals surface area contributed by atoms with E-state index in [1.807, 2.05) is 0 Å². The van der Waals surface area contributed by atoms with Gasteiger partial charge in [0.25, 0.3) is 0 Å². The van der Waals surface area contributed by atoms with Crippen LogP contribution >= 0.6 is 0 Å². The van der Waals surface area contributed by atoms with Gasteiger partial charge in [0.2, 0.25) is 0 Å². The Morgan fingerprint density at radius 1 is 1.41 bits per heavy atom. The highest BCUT2D eigenvalue weighted by Gasteiger charge is 2.06. The van der Waals surface area contributed by atoms with Gasteiger partial charge in [0.05, 0.1) is 6.61 Å². The van der Waals surface area contributed by atoms with Gasteiger partial charge >= 0.3 is 11.9 Å². The van der Waals surface area contributed by atoms with Crippen molar-refractivity contribution in [1.82, 2.24) is 0 Å². The summed E-state index contributed by atoms with van der Waals surface area (Å²) < 4.78 is 4.95. The van der Waals surface area contributed by atoms with Crippen LogP contribution in [0.5, 0.6) is 0 Å². The van der Waals surface area contributed by atoms with Gasteiger partial charge in [-0.05, 0) is 12.3 Å². The summed E-state index contributed by atoms with van der Waals surface area (Å²) in [6.07, 6.45) is 5.57. The molecule has 0 radical (unpaired) electrons. The summed E-state index contributed by atoms with van der Waals surface area (Å²) in [6.45, 7) is 9.35. The number of carbonyl (C=O) groups is 2. The van der Waals surface area contributed by atoms with Crippen LogP contribution in [0, 0.1) is 5.92 Å². The van der Waals surface area contributed by atoms with Crippen LogP contribution in [0.2, 0.25) is 0 Å². The fraction of sp³-hybridized carbons (Fsp3) is 0.692. The van der Waals surface area contributed by atoms with E-state index in [2.05, 4.69) is 20.4 Å². The SMILES string of the molecule is C=CC(=O)O.CCCCC(CC)COC(C)=O. The highest BCUT2D eigenvalue weighted by atomic mass is 16.5. The Hall–Kier alpha value is -1.32. The largest absolute Gasteiger partial charge is 0.478 e. The predicted molar refractivity (Wildman–Crippen MR) is 67.8 cm³/mol. The molecular formula is C13H24O4. The van der Waals surface area contributed by atoms with Crippen LogP contribution in [0.4, 0.5) is 0 Å². The standard InChI is InChI=1S/C10H20O2.C3H4O2/c1-4-6-7-10(5-2)8-12-9(3)11;1-2-3(4)5/h10H,4-8H2,1-3H3;2H,1H2,(H,4,5). The van der Waals surface area contributed by atoms with Gasteiger partial charge in [-0.3, -0.25) is 4.79 Å². The molecule has 1 atom stereocenters. The van der Waals surface area contributed by atoms with Crippen LogP contribution < -0.4 is 0 Å². The zero-order valence-corrected chi connectivity index (χ0v) is 11.1. The third-order valence-corrected chi connectivity index (χ3v) is 2.24. The molecule has 100 valence electrons. The molecule has 0 aliphatic carbocycles. The lowest BCUT2D eigenvalue weighted by Gasteiger charge is -2.13. The maximum absolute atomic E-state index is 10.5. The Morgan fingerprint density at radius 2 is 1.94 bits per heavy atom. The Labute approximate surface area is 104 Å². The van der Waals surface area contributed by atoms with Crippen molar-refractivity contribution in [2.24, 2.45) is 5.92 Å². The minimum Gasteiger partial charge on any atom is -0.478 e. The number of carbonyl (C=O) groups excluding carboxylic acids is 1. The second-order valence-corrected chi connectivity index (χ2v) is 3.76. The van der Waals surface area contributed by atoms with Gasteiger partial charge in [-0.15, -0.1) is 0 Å². The average molecular weight is 244 g/mol. The molecule has 0 saturated carbocycles. The Bertz CT molecular complexity index is 223. The van der Waals surface area contributed by atoms with Crippen LogP contribution in [0.15, 0.2) is 12.7 Å². The zero-order chi connectivity index (χ0) is 13.7. The molecule has 0 amide bonds. The highest BCUT2D eigenvalue weighted by molar-refractivity contribution is 5.78. The summed E-state index contributed by atoms with van der Waals surface area (Å²) >= 11 is 0. The second-order valence-electron chi connectivity index (χ2n) is 3.76. The zero-order valence-electron chi connectivity index (χ0n) is 11.1. The molecule has 0 fully saturated rings. The molecule has 17 heavy (non-hydrogen) atoms. The number of hydrogen-bond donors (Lipinski definition) is 1. The molecule has 1 N–H and O–H groups in total. The summed E-state index contributed by atoms with van der Waals surface area (Å²) in [6, 6.07) is 0. The van der Waals surface area contributed by atoms with E-state index in [9.17, 15) is 9.59 Å². The molecule has 4 nitrogen and oxygen atoms in total. The highest BCUT2D eigenvalue weighted by Crippen LogP contribution is 2.12. The lowest BCUT2D eigenvalue weighted by atomic mass is 10.0. The first-order valence-corrected chi connectivity index (χ1v) is 5.96. The minimum absolute atomic E-state index is 0.162. The van der Waals surface area contributed by atoms with E-state index in [0.717, 1.165) is 12.5 Å². The van der Waals surface area contributed by atoms with Crippen LogP contribution in [0.25, 0.3) is 0 Å². The number of carboxylic acids is 1. The van der Waals surface area contributed by atoms with Gasteiger partial charge in [0, 0.05) is 13.0 Å². The van der Waals surface area contributed by atoms with Crippen molar-refractivity contribution in [3.63, 3.8) is 0 Å². The van der Waals surface area contributed by atoms with Gasteiger partial charge in [0.1, 0.15) is 0 Å². The Morgan fingerprint density at radius 3 is 2.24 bits per heavy atom. The van der Waals surface area contributed by atoms with Crippen LogP contribution in [0.1, 0.15) is 46.5 Å². The first-order chi connectivity index (χ1) is 7.97. The molecule has 0 aromatic carbocycles. The van der Waals surface area contributed by atoms with E-state index in [1.54, 1.807) is 0 Å². The maximum Gasteiger partial charge on any atom is 0.327 e. The lowest BCUT2D eigenvalue weighted by Crippen LogP contribution is -2.11. The topological polar surface area (TPSA) is 63.6 Å². The Kier molecular flexibility index (Phi) is 13.5. The maximum atomic E-state index is 10.5. The predicted octanol–water partition coefficient (Wildman–Crippen LogP) is 3.02. The third-order valence-electron chi connectivity index (χ3n) is 2.24. The van der Waals surface area contributed by atoms with Crippen molar-refractivity contribution in [1.29, 1.82) is 0 Å². The third kappa shape index (κ3) is 17.3. The molecule has 0 saturated heterocycles. The summed E-state index contributed by atoms with van der Waals surface area (Å²) in [4.78, 5) is 19.8. The number of rotatable bonds is 7. The first kappa shape index (κ1) is 18.1. The summed E-state index contributed by atoms with van der Waals surface area (Å²) in [5, 5.41) is 7.60. The number of hydrogen-bond acceptors (Lipinski definition) is 3. The Balaban J connectivity index is 0. The normalized spacial score (nSPS) is 10.8. The molecule has 0 heterocycles. The molecule has 0 aromatic rings. The molecule has 4 heteroatoms. The van der Waals surface area contributed by atoms with Crippen molar-refractivity contribution in [2.45, 2.75) is 46.5 Å². The summed E-state index contributed by atoms with van der Waals surface area (Å²) in [7, 11) is 0. The quantitative estimate of drug-likeness (QED) is 0.552. The second kappa shape index (κ2) is 12.7. The first-order valence-electron chi connectivity index (χ1n) is 5.96. The summed E-state index contributed by atoms with van der Waals surface area (Å²) in [5.41, 5.74) is 0. The summed E-state index contributed by atoms with van der Waals surface area (Å²) in [5.74, 6) is -0.580. The monoisotopic (exact) mass is 244 g/mol.